The van der Waals surface area contributed by atoms with E-state index in [2.05, 4.69) is 5.32 Å². The van der Waals surface area contributed by atoms with Crippen molar-refractivity contribution in [3.05, 3.63) is 60.2 Å². The van der Waals surface area contributed by atoms with Crippen LogP contribution in [0.15, 0.2) is 54.6 Å². The lowest BCUT2D eigenvalue weighted by molar-refractivity contribution is -0.307. The number of carboxylic acids is 1. The Balaban J connectivity index is 1.88. The molecule has 1 amide bonds. The molecule has 0 aliphatic carbocycles. The molecule has 0 heterocycles. The topological polar surface area (TPSA) is 78.5 Å². The van der Waals surface area contributed by atoms with Gasteiger partial charge in [0, 0.05) is 5.69 Å². The summed E-state index contributed by atoms with van der Waals surface area (Å²) >= 11 is 0. The summed E-state index contributed by atoms with van der Waals surface area (Å²) < 4.78 is 4.95. The van der Waals surface area contributed by atoms with Crippen LogP contribution >= 0.6 is 0 Å². The smallest absolute Gasteiger partial charge is 0.228 e. The fourth-order valence-electron chi connectivity index (χ4n) is 1.76. The zero-order valence-corrected chi connectivity index (χ0v) is 11.2. The van der Waals surface area contributed by atoms with Crippen LogP contribution in [0.1, 0.15) is 5.56 Å². The van der Waals surface area contributed by atoms with Crippen molar-refractivity contribution < 1.29 is 19.4 Å². The fraction of sp³-hybridized carbons (Fsp3) is 0.125. The van der Waals surface area contributed by atoms with Crippen LogP contribution in [0.4, 0.5) is 5.69 Å². The van der Waals surface area contributed by atoms with E-state index >= 15 is 0 Å². The van der Waals surface area contributed by atoms with Gasteiger partial charge in [-0.2, -0.15) is 0 Å². The Morgan fingerprint density at radius 2 is 1.67 bits per heavy atom. The molecule has 108 valence electrons. The second-order valence-corrected chi connectivity index (χ2v) is 4.40. The van der Waals surface area contributed by atoms with E-state index in [4.69, 9.17) is 4.74 Å². The second kappa shape index (κ2) is 7.09. The zero-order chi connectivity index (χ0) is 15.1. The van der Waals surface area contributed by atoms with E-state index in [1.165, 1.54) is 0 Å². The van der Waals surface area contributed by atoms with Crippen LogP contribution in [0.5, 0.6) is 5.75 Å². The Labute approximate surface area is 122 Å². The van der Waals surface area contributed by atoms with Crippen LogP contribution in [0, 0.1) is 0 Å². The Bertz CT molecular complexity index is 608. The molecule has 0 aliphatic heterocycles. The minimum atomic E-state index is -1.28. The molecular formula is C16H14NO4-. The Morgan fingerprint density at radius 1 is 1.00 bits per heavy atom. The Kier molecular flexibility index (Phi) is 4.93. The summed E-state index contributed by atoms with van der Waals surface area (Å²) in [6, 6.07) is 15.9. The standard InChI is InChI=1S/C16H15NO4/c18-15(10-12-4-2-1-3-5-12)17-13-6-8-14(9-7-13)21-11-16(19)20/h1-9H,10-11H2,(H,17,18)(H,19,20)/p-1. The SMILES string of the molecule is O=C([O-])COc1ccc(NC(=O)Cc2ccccc2)cc1. The molecular weight excluding hydrogens is 270 g/mol. The summed E-state index contributed by atoms with van der Waals surface area (Å²) in [4.78, 5) is 22.1. The monoisotopic (exact) mass is 284 g/mol. The maximum absolute atomic E-state index is 11.9. The van der Waals surface area contributed by atoms with E-state index < -0.39 is 12.6 Å². The number of amides is 1. The molecule has 0 fully saturated rings. The van der Waals surface area contributed by atoms with Gasteiger partial charge in [0.15, 0.2) is 0 Å². The van der Waals surface area contributed by atoms with Crippen LogP contribution in [-0.4, -0.2) is 18.5 Å². The maximum atomic E-state index is 11.9. The number of benzene rings is 2. The number of nitrogens with one attached hydrogen (secondary N) is 1. The van der Waals surface area contributed by atoms with Gasteiger partial charge in [0.05, 0.1) is 12.4 Å². The fourth-order valence-corrected chi connectivity index (χ4v) is 1.76. The predicted molar refractivity (Wildman–Crippen MR) is 75.7 cm³/mol. The molecule has 0 saturated heterocycles. The highest BCUT2D eigenvalue weighted by atomic mass is 16.5. The average Bonchev–Trinajstić information content (AvgIpc) is 2.47. The van der Waals surface area contributed by atoms with Crippen molar-refractivity contribution >= 4 is 17.6 Å². The average molecular weight is 284 g/mol. The molecule has 0 unspecified atom stereocenters. The molecule has 5 heteroatoms. The molecule has 2 aromatic carbocycles. The van der Waals surface area contributed by atoms with Crippen molar-refractivity contribution in [3.8, 4) is 5.75 Å². The second-order valence-electron chi connectivity index (χ2n) is 4.40. The number of hydrogen-bond donors (Lipinski definition) is 1. The molecule has 0 radical (unpaired) electrons. The highest BCUT2D eigenvalue weighted by molar-refractivity contribution is 5.92. The largest absolute Gasteiger partial charge is 0.546 e. The van der Waals surface area contributed by atoms with Gasteiger partial charge < -0.3 is 20.0 Å². The van der Waals surface area contributed by atoms with Gasteiger partial charge in [-0.3, -0.25) is 4.79 Å². The van der Waals surface area contributed by atoms with E-state index in [0.29, 0.717) is 17.9 Å². The van der Waals surface area contributed by atoms with Gasteiger partial charge in [-0.25, -0.2) is 0 Å². The Hall–Kier alpha value is -2.82. The third-order valence-electron chi connectivity index (χ3n) is 2.70. The van der Waals surface area contributed by atoms with Crippen molar-refractivity contribution in [2.24, 2.45) is 0 Å². The summed E-state index contributed by atoms with van der Waals surface area (Å²) in [6.45, 7) is -0.500. The molecule has 0 aliphatic rings. The molecule has 2 rings (SSSR count). The maximum Gasteiger partial charge on any atom is 0.228 e. The lowest BCUT2D eigenvalue weighted by atomic mass is 10.1. The predicted octanol–water partition coefficient (Wildman–Crippen LogP) is 0.996. The van der Waals surface area contributed by atoms with Gasteiger partial charge in [0.1, 0.15) is 12.4 Å². The minimum absolute atomic E-state index is 0.121. The van der Waals surface area contributed by atoms with Gasteiger partial charge in [-0.15, -0.1) is 0 Å². The summed E-state index contributed by atoms with van der Waals surface area (Å²) in [6.07, 6.45) is 0.295. The van der Waals surface area contributed by atoms with E-state index in [0.717, 1.165) is 5.56 Å². The van der Waals surface area contributed by atoms with Crippen LogP contribution in [0.25, 0.3) is 0 Å². The lowest BCUT2D eigenvalue weighted by Crippen LogP contribution is -2.28. The van der Waals surface area contributed by atoms with Crippen LogP contribution in [-0.2, 0) is 16.0 Å². The first-order valence-corrected chi connectivity index (χ1v) is 6.40. The minimum Gasteiger partial charge on any atom is -0.546 e. The van der Waals surface area contributed by atoms with Crippen molar-refractivity contribution in [1.29, 1.82) is 0 Å². The van der Waals surface area contributed by atoms with E-state index in [-0.39, 0.29) is 5.91 Å². The number of anilines is 1. The molecule has 0 aromatic heterocycles. The quantitative estimate of drug-likeness (QED) is 0.858. The molecule has 2 aromatic rings. The molecule has 0 bridgehead atoms. The number of ether oxygens (including phenoxy) is 1. The van der Waals surface area contributed by atoms with Crippen molar-refractivity contribution in [2.45, 2.75) is 6.42 Å². The summed E-state index contributed by atoms with van der Waals surface area (Å²) in [7, 11) is 0. The van der Waals surface area contributed by atoms with Crippen molar-refractivity contribution in [3.63, 3.8) is 0 Å². The van der Waals surface area contributed by atoms with Gasteiger partial charge in [0.25, 0.3) is 0 Å². The van der Waals surface area contributed by atoms with E-state index in [1.54, 1.807) is 24.3 Å². The molecule has 0 spiro atoms. The van der Waals surface area contributed by atoms with Crippen LogP contribution in [0.2, 0.25) is 0 Å². The highest BCUT2D eigenvalue weighted by Crippen LogP contribution is 2.15. The van der Waals surface area contributed by atoms with Gasteiger partial charge >= 0.3 is 0 Å². The molecule has 5 nitrogen and oxygen atoms in total. The number of carbonyl (C=O) groups is 2. The number of carboxylic acid groups (broad SMARTS) is 1. The van der Waals surface area contributed by atoms with Gasteiger partial charge in [-0.1, -0.05) is 30.3 Å². The molecule has 1 N–H and O–H groups in total. The van der Waals surface area contributed by atoms with Crippen molar-refractivity contribution in [2.75, 3.05) is 11.9 Å². The Morgan fingerprint density at radius 3 is 2.29 bits per heavy atom. The molecule has 0 saturated carbocycles. The van der Waals surface area contributed by atoms with Crippen molar-refractivity contribution in [1.82, 2.24) is 0 Å². The first kappa shape index (κ1) is 14.6. The number of carbonyl (C=O) groups excluding carboxylic acids is 2. The highest BCUT2D eigenvalue weighted by Gasteiger charge is 2.04. The third-order valence-corrected chi connectivity index (χ3v) is 2.70. The normalized spacial score (nSPS) is 9.90. The zero-order valence-electron chi connectivity index (χ0n) is 11.2. The number of rotatable bonds is 6. The van der Waals surface area contributed by atoms with Gasteiger partial charge in [0.2, 0.25) is 5.91 Å². The summed E-state index contributed by atoms with van der Waals surface area (Å²) in [5.41, 5.74) is 1.56. The van der Waals surface area contributed by atoms with Gasteiger partial charge in [-0.05, 0) is 29.8 Å². The summed E-state index contributed by atoms with van der Waals surface area (Å²) in [5, 5.41) is 13.0. The molecule has 0 atom stereocenters. The first-order chi connectivity index (χ1) is 10.1. The summed E-state index contributed by atoms with van der Waals surface area (Å²) in [5.74, 6) is -1.000. The van der Waals surface area contributed by atoms with Crippen LogP contribution < -0.4 is 15.2 Å². The first-order valence-electron chi connectivity index (χ1n) is 6.40. The van der Waals surface area contributed by atoms with E-state index in [9.17, 15) is 14.7 Å². The number of aliphatic carboxylic acids is 1. The van der Waals surface area contributed by atoms with Crippen LogP contribution in [0.3, 0.4) is 0 Å². The number of hydrogen-bond acceptors (Lipinski definition) is 4. The lowest BCUT2D eigenvalue weighted by Gasteiger charge is -2.08. The third kappa shape index (κ3) is 4.99. The van der Waals surface area contributed by atoms with E-state index in [1.807, 2.05) is 30.3 Å². The molecule has 21 heavy (non-hydrogen) atoms.